The van der Waals surface area contributed by atoms with E-state index in [1.54, 1.807) is 6.92 Å². The van der Waals surface area contributed by atoms with Crippen LogP contribution < -0.4 is 11.1 Å². The summed E-state index contributed by atoms with van der Waals surface area (Å²) in [5.41, 5.74) is 6.76. The summed E-state index contributed by atoms with van der Waals surface area (Å²) in [4.78, 5) is 12.2. The van der Waals surface area contributed by atoms with E-state index < -0.39 is 5.82 Å². The molecule has 1 fully saturated rings. The number of rotatable bonds is 2. The number of hydrogen-bond donors (Lipinski definition) is 2. The Morgan fingerprint density at radius 3 is 2.21 bits per heavy atom. The molecule has 1 amide bonds. The van der Waals surface area contributed by atoms with E-state index in [0.717, 1.165) is 0 Å². The Balaban J connectivity index is 2.19. The van der Waals surface area contributed by atoms with E-state index in [-0.39, 0.29) is 28.3 Å². The van der Waals surface area contributed by atoms with Gasteiger partial charge in [0.2, 0.25) is 0 Å². The van der Waals surface area contributed by atoms with Gasteiger partial charge in [-0.2, -0.15) is 0 Å². The van der Waals surface area contributed by atoms with Crippen LogP contribution in [0.3, 0.4) is 0 Å². The number of amides is 1. The molecule has 0 spiro atoms. The molecule has 1 aromatic rings. The number of nitrogens with two attached hydrogens (primary N) is 1. The van der Waals surface area contributed by atoms with Gasteiger partial charge < -0.3 is 11.1 Å². The van der Waals surface area contributed by atoms with Crippen LogP contribution in [0, 0.1) is 23.6 Å². The lowest BCUT2D eigenvalue weighted by atomic mass is 10.0. The fraction of sp³-hybridized carbons (Fsp3) is 0.533. The van der Waals surface area contributed by atoms with Crippen LogP contribution in [0.2, 0.25) is 0 Å². The first-order chi connectivity index (χ1) is 8.59. The van der Waals surface area contributed by atoms with Gasteiger partial charge in [-0.3, -0.25) is 4.79 Å². The molecular formula is C15H21FN2O. The van der Waals surface area contributed by atoms with Crippen molar-refractivity contribution in [2.75, 3.05) is 5.73 Å². The summed E-state index contributed by atoms with van der Waals surface area (Å²) < 4.78 is 13.6. The van der Waals surface area contributed by atoms with E-state index in [2.05, 4.69) is 33.0 Å². The van der Waals surface area contributed by atoms with Crippen LogP contribution in [0.4, 0.5) is 10.1 Å². The third-order valence-electron chi connectivity index (χ3n) is 4.94. The molecule has 1 aromatic carbocycles. The Hall–Kier alpha value is -1.58. The smallest absolute Gasteiger partial charge is 0.251 e. The number of nitrogens with one attached hydrogen (secondary N) is 1. The maximum Gasteiger partial charge on any atom is 0.251 e. The summed E-state index contributed by atoms with van der Waals surface area (Å²) in [5.74, 6) is -0.714. The first-order valence-corrected chi connectivity index (χ1v) is 6.45. The molecule has 3 nitrogen and oxygen atoms in total. The minimum atomic E-state index is -0.445. The zero-order valence-corrected chi connectivity index (χ0v) is 12.1. The van der Waals surface area contributed by atoms with E-state index in [1.165, 1.54) is 12.1 Å². The monoisotopic (exact) mass is 264 g/mol. The van der Waals surface area contributed by atoms with Gasteiger partial charge in [-0.25, -0.2) is 4.39 Å². The summed E-state index contributed by atoms with van der Waals surface area (Å²) in [6.07, 6.45) is 0. The van der Waals surface area contributed by atoms with Crippen LogP contribution in [-0.2, 0) is 0 Å². The van der Waals surface area contributed by atoms with E-state index in [1.807, 2.05) is 0 Å². The second-order valence-electron chi connectivity index (χ2n) is 6.52. The van der Waals surface area contributed by atoms with Gasteiger partial charge in [0.1, 0.15) is 5.82 Å². The highest BCUT2D eigenvalue weighted by Crippen LogP contribution is 2.62. The summed E-state index contributed by atoms with van der Waals surface area (Å²) in [6.45, 7) is 10.0. The number of halogens is 1. The van der Waals surface area contributed by atoms with Gasteiger partial charge in [0.05, 0.1) is 0 Å². The van der Waals surface area contributed by atoms with Crippen molar-refractivity contribution in [3.8, 4) is 0 Å². The molecule has 0 aliphatic heterocycles. The van der Waals surface area contributed by atoms with Crippen LogP contribution >= 0.6 is 0 Å². The van der Waals surface area contributed by atoms with Crippen molar-refractivity contribution in [2.24, 2.45) is 10.8 Å². The first-order valence-electron chi connectivity index (χ1n) is 6.45. The van der Waals surface area contributed by atoms with Gasteiger partial charge in [0, 0.05) is 22.9 Å². The zero-order valence-electron chi connectivity index (χ0n) is 12.1. The van der Waals surface area contributed by atoms with Gasteiger partial charge in [-0.1, -0.05) is 27.7 Å². The molecule has 4 heteroatoms. The van der Waals surface area contributed by atoms with Gasteiger partial charge in [0.25, 0.3) is 5.91 Å². The Labute approximate surface area is 113 Å². The predicted octanol–water partition coefficient (Wildman–Crippen LogP) is 2.88. The molecule has 104 valence electrons. The van der Waals surface area contributed by atoms with E-state index >= 15 is 0 Å². The predicted molar refractivity (Wildman–Crippen MR) is 74.4 cm³/mol. The molecule has 19 heavy (non-hydrogen) atoms. The Bertz CT molecular complexity index is 512. The molecule has 0 atom stereocenters. The molecule has 1 saturated carbocycles. The fourth-order valence-corrected chi connectivity index (χ4v) is 2.60. The topological polar surface area (TPSA) is 55.1 Å². The van der Waals surface area contributed by atoms with Gasteiger partial charge in [0.15, 0.2) is 0 Å². The number of benzene rings is 1. The average Bonchev–Trinajstić information content (AvgIpc) is 2.67. The minimum Gasteiger partial charge on any atom is -0.398 e. The van der Waals surface area contributed by atoms with Crippen molar-refractivity contribution in [3.05, 3.63) is 29.1 Å². The van der Waals surface area contributed by atoms with Crippen molar-refractivity contribution < 1.29 is 9.18 Å². The lowest BCUT2D eigenvalue weighted by molar-refractivity contribution is 0.0943. The largest absolute Gasteiger partial charge is 0.398 e. The van der Waals surface area contributed by atoms with Crippen LogP contribution in [0.1, 0.15) is 43.6 Å². The molecule has 1 aliphatic carbocycles. The van der Waals surface area contributed by atoms with E-state index in [9.17, 15) is 9.18 Å². The number of carbonyl (C=O) groups excluding carboxylic acids is 1. The molecule has 0 heterocycles. The summed E-state index contributed by atoms with van der Waals surface area (Å²) in [5, 5.41) is 2.96. The van der Waals surface area contributed by atoms with Gasteiger partial charge >= 0.3 is 0 Å². The molecule has 1 aliphatic rings. The second kappa shape index (κ2) is 3.95. The van der Waals surface area contributed by atoms with Crippen molar-refractivity contribution in [2.45, 2.75) is 40.7 Å². The normalized spacial score (nSPS) is 20.1. The maximum atomic E-state index is 13.6. The number of nitrogen functional groups attached to an aromatic ring is 1. The summed E-state index contributed by atoms with van der Waals surface area (Å²) >= 11 is 0. The molecule has 0 bridgehead atoms. The van der Waals surface area contributed by atoms with Crippen LogP contribution in [-0.4, -0.2) is 11.9 Å². The average molecular weight is 264 g/mol. The van der Waals surface area contributed by atoms with E-state index in [0.29, 0.717) is 11.3 Å². The highest BCUT2D eigenvalue weighted by molar-refractivity contribution is 5.95. The quantitative estimate of drug-likeness (QED) is 0.807. The van der Waals surface area contributed by atoms with Crippen molar-refractivity contribution in [1.29, 1.82) is 0 Å². The van der Waals surface area contributed by atoms with Crippen LogP contribution in [0.25, 0.3) is 0 Å². The summed E-state index contributed by atoms with van der Waals surface area (Å²) in [6, 6.07) is 2.86. The van der Waals surface area contributed by atoms with Gasteiger partial charge in [-0.15, -0.1) is 0 Å². The SMILES string of the molecule is Cc1c(N)cc(C(=O)NC2C(C)(C)C2(C)C)cc1F. The minimum absolute atomic E-state index is 0.0530. The molecule has 0 aromatic heterocycles. The van der Waals surface area contributed by atoms with Crippen molar-refractivity contribution >= 4 is 11.6 Å². The third-order valence-corrected chi connectivity index (χ3v) is 4.94. The second-order valence-corrected chi connectivity index (χ2v) is 6.52. The lowest BCUT2D eigenvalue weighted by Crippen LogP contribution is -2.30. The number of anilines is 1. The Kier molecular flexibility index (Phi) is 2.88. The highest BCUT2D eigenvalue weighted by Gasteiger charge is 2.65. The fourth-order valence-electron chi connectivity index (χ4n) is 2.60. The number of carbonyl (C=O) groups is 1. The molecule has 0 unspecified atom stereocenters. The Morgan fingerprint density at radius 2 is 1.79 bits per heavy atom. The molecule has 0 saturated heterocycles. The number of hydrogen-bond acceptors (Lipinski definition) is 2. The van der Waals surface area contributed by atoms with Crippen LogP contribution in [0.5, 0.6) is 0 Å². The molecule has 3 N–H and O–H groups in total. The Morgan fingerprint density at radius 1 is 1.26 bits per heavy atom. The summed E-state index contributed by atoms with van der Waals surface area (Å²) in [7, 11) is 0. The lowest BCUT2D eigenvalue weighted by Gasteiger charge is -2.09. The van der Waals surface area contributed by atoms with Crippen molar-refractivity contribution in [3.63, 3.8) is 0 Å². The third kappa shape index (κ3) is 1.99. The standard InChI is InChI=1S/C15H21FN2O/c1-8-10(16)6-9(7-11(8)17)12(19)18-13-14(2,3)15(13,4)5/h6-7,13H,17H2,1-5H3,(H,18,19). The first kappa shape index (κ1) is 13.8. The molecular weight excluding hydrogens is 243 g/mol. The van der Waals surface area contributed by atoms with Crippen LogP contribution in [0.15, 0.2) is 12.1 Å². The maximum absolute atomic E-state index is 13.6. The van der Waals surface area contributed by atoms with Crippen molar-refractivity contribution in [1.82, 2.24) is 5.32 Å². The molecule has 0 radical (unpaired) electrons. The van der Waals surface area contributed by atoms with Gasteiger partial charge in [-0.05, 0) is 29.9 Å². The highest BCUT2D eigenvalue weighted by atomic mass is 19.1. The molecule has 2 rings (SSSR count). The zero-order chi connectivity index (χ0) is 14.6. The van der Waals surface area contributed by atoms with E-state index in [4.69, 9.17) is 5.73 Å².